The molecule has 0 amide bonds. The normalized spacial score (nSPS) is 10.1. The van der Waals surface area contributed by atoms with Crippen molar-refractivity contribution in [3.05, 3.63) is 64.4 Å². The number of ketones is 1. The summed E-state index contributed by atoms with van der Waals surface area (Å²) in [6, 6.07) is 11.3. The van der Waals surface area contributed by atoms with Gasteiger partial charge in [0.05, 0.1) is 0 Å². The second-order valence-electron chi connectivity index (χ2n) is 3.47. The fraction of sp³-hybridized carbons (Fsp3) is 0.0769. The number of halogens is 1. The van der Waals surface area contributed by atoms with Gasteiger partial charge in [-0.05, 0) is 29.8 Å². The van der Waals surface area contributed by atoms with Crippen molar-refractivity contribution in [3.8, 4) is 0 Å². The molecule has 16 heavy (non-hydrogen) atoms. The van der Waals surface area contributed by atoms with Crippen LogP contribution < -0.4 is 0 Å². The zero-order valence-corrected chi connectivity index (χ0v) is 10.1. The van der Waals surface area contributed by atoms with Gasteiger partial charge in [-0.15, -0.1) is 0 Å². The molecule has 0 saturated carbocycles. The molecule has 3 heteroatoms. The number of Topliss-reactive ketones (excluding diaryl/α,β-unsaturated/α-hetero) is 1. The zero-order valence-electron chi connectivity index (χ0n) is 8.56. The number of pyridine rings is 1. The summed E-state index contributed by atoms with van der Waals surface area (Å²) in [4.78, 5) is 15.8. The van der Waals surface area contributed by atoms with E-state index in [9.17, 15) is 4.79 Å². The molecular weight excluding hydrogens is 266 g/mol. The van der Waals surface area contributed by atoms with E-state index in [4.69, 9.17) is 0 Å². The maximum atomic E-state index is 11.9. The Morgan fingerprint density at radius 3 is 2.81 bits per heavy atom. The first-order valence-electron chi connectivity index (χ1n) is 4.93. The Balaban J connectivity index is 2.14. The molecule has 0 saturated heterocycles. The summed E-state index contributed by atoms with van der Waals surface area (Å²) < 4.78 is 0.990. The SMILES string of the molecule is O=C(Cc1cccc(Br)c1)c1cccnc1. The van der Waals surface area contributed by atoms with E-state index in [2.05, 4.69) is 20.9 Å². The molecule has 0 fully saturated rings. The van der Waals surface area contributed by atoms with Crippen LogP contribution in [0.1, 0.15) is 15.9 Å². The van der Waals surface area contributed by atoms with Gasteiger partial charge in [0.25, 0.3) is 0 Å². The maximum absolute atomic E-state index is 11.9. The first-order chi connectivity index (χ1) is 7.75. The number of hydrogen-bond donors (Lipinski definition) is 0. The van der Waals surface area contributed by atoms with E-state index in [0.29, 0.717) is 12.0 Å². The van der Waals surface area contributed by atoms with Gasteiger partial charge in [0.15, 0.2) is 5.78 Å². The molecule has 1 aromatic heterocycles. The molecule has 0 aliphatic rings. The van der Waals surface area contributed by atoms with E-state index in [1.165, 1.54) is 0 Å². The molecule has 80 valence electrons. The molecule has 2 aromatic rings. The predicted molar refractivity (Wildman–Crippen MR) is 66.4 cm³/mol. The Hall–Kier alpha value is -1.48. The number of hydrogen-bond acceptors (Lipinski definition) is 2. The molecule has 1 aromatic carbocycles. The quantitative estimate of drug-likeness (QED) is 0.805. The third-order valence-corrected chi connectivity index (χ3v) is 2.73. The number of carbonyl (C=O) groups excluding carboxylic acids is 1. The van der Waals surface area contributed by atoms with Gasteiger partial charge in [0.2, 0.25) is 0 Å². The van der Waals surface area contributed by atoms with Gasteiger partial charge in [0.1, 0.15) is 0 Å². The second kappa shape index (κ2) is 5.03. The van der Waals surface area contributed by atoms with Crippen molar-refractivity contribution in [2.75, 3.05) is 0 Å². The van der Waals surface area contributed by atoms with Gasteiger partial charge in [0, 0.05) is 28.9 Å². The van der Waals surface area contributed by atoms with Crippen LogP contribution in [-0.2, 0) is 6.42 Å². The van der Waals surface area contributed by atoms with Crippen LogP contribution in [0.25, 0.3) is 0 Å². The number of carbonyl (C=O) groups is 1. The number of benzene rings is 1. The molecule has 0 atom stereocenters. The number of rotatable bonds is 3. The minimum Gasteiger partial charge on any atom is -0.294 e. The highest BCUT2D eigenvalue weighted by Gasteiger charge is 2.06. The molecule has 1 heterocycles. The largest absolute Gasteiger partial charge is 0.294 e. The highest BCUT2D eigenvalue weighted by atomic mass is 79.9. The van der Waals surface area contributed by atoms with E-state index in [0.717, 1.165) is 10.0 Å². The van der Waals surface area contributed by atoms with E-state index >= 15 is 0 Å². The van der Waals surface area contributed by atoms with Gasteiger partial charge in [-0.1, -0.05) is 28.1 Å². The summed E-state index contributed by atoms with van der Waals surface area (Å²) in [7, 11) is 0. The van der Waals surface area contributed by atoms with Crippen molar-refractivity contribution < 1.29 is 4.79 Å². The molecule has 0 aliphatic carbocycles. The number of aromatic nitrogens is 1. The van der Waals surface area contributed by atoms with Gasteiger partial charge < -0.3 is 0 Å². The fourth-order valence-electron chi connectivity index (χ4n) is 1.46. The summed E-state index contributed by atoms with van der Waals surface area (Å²) in [5, 5.41) is 0. The Morgan fingerprint density at radius 2 is 2.12 bits per heavy atom. The lowest BCUT2D eigenvalue weighted by atomic mass is 10.0. The molecule has 0 bridgehead atoms. The summed E-state index contributed by atoms with van der Waals surface area (Å²) in [5.74, 6) is 0.0891. The average Bonchev–Trinajstić information content (AvgIpc) is 2.30. The monoisotopic (exact) mass is 275 g/mol. The van der Waals surface area contributed by atoms with Crippen molar-refractivity contribution in [2.24, 2.45) is 0 Å². The molecule has 0 N–H and O–H groups in total. The summed E-state index contributed by atoms with van der Waals surface area (Å²) in [6.07, 6.45) is 3.67. The van der Waals surface area contributed by atoms with Gasteiger partial charge in [-0.2, -0.15) is 0 Å². The van der Waals surface area contributed by atoms with Crippen LogP contribution in [0.2, 0.25) is 0 Å². The molecule has 0 radical (unpaired) electrons. The minimum absolute atomic E-state index is 0.0891. The van der Waals surface area contributed by atoms with E-state index in [-0.39, 0.29) is 5.78 Å². The van der Waals surface area contributed by atoms with Crippen LogP contribution in [0.3, 0.4) is 0 Å². The molecular formula is C13H10BrNO. The fourth-order valence-corrected chi connectivity index (χ4v) is 1.91. The first kappa shape index (κ1) is 11.0. The second-order valence-corrected chi connectivity index (χ2v) is 4.39. The highest BCUT2D eigenvalue weighted by Crippen LogP contribution is 2.13. The van der Waals surface area contributed by atoms with Crippen LogP contribution in [0, 0.1) is 0 Å². The van der Waals surface area contributed by atoms with Crippen molar-refractivity contribution >= 4 is 21.7 Å². The Morgan fingerprint density at radius 1 is 1.25 bits per heavy atom. The van der Waals surface area contributed by atoms with E-state index in [1.54, 1.807) is 24.5 Å². The van der Waals surface area contributed by atoms with Crippen molar-refractivity contribution in [1.82, 2.24) is 4.98 Å². The van der Waals surface area contributed by atoms with Gasteiger partial charge in [-0.3, -0.25) is 9.78 Å². The van der Waals surface area contributed by atoms with Crippen LogP contribution in [0.15, 0.2) is 53.3 Å². The molecule has 0 spiro atoms. The smallest absolute Gasteiger partial charge is 0.168 e. The predicted octanol–water partition coefficient (Wildman–Crippen LogP) is 3.27. The lowest BCUT2D eigenvalue weighted by molar-refractivity contribution is 0.0992. The third-order valence-electron chi connectivity index (χ3n) is 2.24. The molecule has 2 rings (SSSR count). The van der Waals surface area contributed by atoms with Crippen LogP contribution in [0.5, 0.6) is 0 Å². The third kappa shape index (κ3) is 2.76. The van der Waals surface area contributed by atoms with Gasteiger partial charge in [-0.25, -0.2) is 0 Å². The van der Waals surface area contributed by atoms with Crippen molar-refractivity contribution in [3.63, 3.8) is 0 Å². The lowest BCUT2D eigenvalue weighted by Gasteiger charge is -2.01. The van der Waals surface area contributed by atoms with Crippen molar-refractivity contribution in [2.45, 2.75) is 6.42 Å². The van der Waals surface area contributed by atoms with E-state index < -0.39 is 0 Å². The maximum Gasteiger partial charge on any atom is 0.168 e. The van der Waals surface area contributed by atoms with Gasteiger partial charge >= 0.3 is 0 Å². The average molecular weight is 276 g/mol. The highest BCUT2D eigenvalue weighted by molar-refractivity contribution is 9.10. The standard InChI is InChI=1S/C13H10BrNO/c14-12-5-1-3-10(7-12)8-13(16)11-4-2-6-15-9-11/h1-7,9H,8H2. The molecule has 2 nitrogen and oxygen atoms in total. The molecule has 0 aliphatic heterocycles. The van der Waals surface area contributed by atoms with Crippen LogP contribution >= 0.6 is 15.9 Å². The lowest BCUT2D eigenvalue weighted by Crippen LogP contribution is -2.03. The summed E-state index contributed by atoms with van der Waals surface area (Å²) in [5.41, 5.74) is 1.66. The van der Waals surface area contributed by atoms with Crippen LogP contribution in [-0.4, -0.2) is 10.8 Å². The van der Waals surface area contributed by atoms with Crippen LogP contribution in [0.4, 0.5) is 0 Å². The zero-order chi connectivity index (χ0) is 11.4. The minimum atomic E-state index is 0.0891. The Bertz CT molecular complexity index is 496. The summed E-state index contributed by atoms with van der Waals surface area (Å²) >= 11 is 3.38. The molecule has 0 unspecified atom stereocenters. The number of nitrogens with zero attached hydrogens (tertiary/aromatic N) is 1. The van der Waals surface area contributed by atoms with Crippen molar-refractivity contribution in [1.29, 1.82) is 0 Å². The Labute approximate surface area is 102 Å². The first-order valence-corrected chi connectivity index (χ1v) is 5.72. The summed E-state index contributed by atoms with van der Waals surface area (Å²) in [6.45, 7) is 0. The Kier molecular flexibility index (Phi) is 3.47. The topological polar surface area (TPSA) is 30.0 Å². The van der Waals surface area contributed by atoms with E-state index in [1.807, 2.05) is 24.3 Å².